The Balaban J connectivity index is 1.36. The van der Waals surface area contributed by atoms with E-state index >= 15 is 0 Å². The molecule has 2 aliphatic rings. The molecule has 164 valence electrons. The van der Waals surface area contributed by atoms with Gasteiger partial charge >= 0.3 is 0 Å². The van der Waals surface area contributed by atoms with E-state index in [-0.39, 0.29) is 0 Å². The zero-order valence-electron chi connectivity index (χ0n) is 18.3. The summed E-state index contributed by atoms with van der Waals surface area (Å²) in [5.74, 6) is 0.937. The van der Waals surface area contributed by atoms with Gasteiger partial charge in [-0.1, -0.05) is 24.8 Å². The topological polar surface area (TPSA) is 82.7 Å². The number of aliphatic imine (C=N–C) groups is 1. The molecule has 2 aromatic carbocycles. The van der Waals surface area contributed by atoms with Crippen molar-refractivity contribution in [2.45, 2.75) is 12.5 Å². The van der Waals surface area contributed by atoms with Gasteiger partial charge in [-0.15, -0.1) is 0 Å². The summed E-state index contributed by atoms with van der Waals surface area (Å²) in [6, 6.07) is 13.0. The minimum atomic E-state index is 0.551. The van der Waals surface area contributed by atoms with Crippen LogP contribution in [0.3, 0.4) is 0 Å². The van der Waals surface area contributed by atoms with Gasteiger partial charge in [0.15, 0.2) is 0 Å². The number of benzene rings is 2. The minimum absolute atomic E-state index is 0.551. The molecule has 0 aliphatic carbocycles. The third-order valence-corrected chi connectivity index (χ3v) is 6.40. The van der Waals surface area contributed by atoms with Gasteiger partial charge in [0.2, 0.25) is 0 Å². The van der Waals surface area contributed by atoms with Crippen molar-refractivity contribution in [3.8, 4) is 11.1 Å². The third-order valence-electron chi connectivity index (χ3n) is 6.40. The van der Waals surface area contributed by atoms with Crippen LogP contribution in [0, 0.1) is 0 Å². The van der Waals surface area contributed by atoms with E-state index in [4.69, 9.17) is 10.7 Å². The Morgan fingerprint density at radius 2 is 1.94 bits per heavy atom. The first-order chi connectivity index (χ1) is 15.6. The number of piperazine rings is 1. The van der Waals surface area contributed by atoms with Gasteiger partial charge in [0, 0.05) is 44.5 Å². The van der Waals surface area contributed by atoms with Gasteiger partial charge in [0.1, 0.15) is 5.82 Å². The third kappa shape index (κ3) is 3.97. The largest absolute Gasteiger partial charge is 0.386 e. The molecule has 0 amide bonds. The van der Waals surface area contributed by atoms with E-state index in [1.165, 1.54) is 0 Å². The van der Waals surface area contributed by atoms with E-state index in [9.17, 15) is 0 Å². The standard InChI is InChI=1S/C25H29N7/c1-17-14-31(10-9-28-17)21-15-32(16-21)25-13-29-22-6-5-20(12-24(22)30-25)19-4-3-18(7-8-26)23(11-19)27-2/h3-6,11-13,21,28H,1-2,7-10,14-16,26H2. The molecule has 2 fully saturated rings. The second kappa shape index (κ2) is 8.68. The van der Waals surface area contributed by atoms with Gasteiger partial charge in [-0.3, -0.25) is 14.9 Å². The van der Waals surface area contributed by atoms with Crippen molar-refractivity contribution in [1.29, 1.82) is 0 Å². The fourth-order valence-corrected chi connectivity index (χ4v) is 4.53. The van der Waals surface area contributed by atoms with E-state index in [1.54, 1.807) is 0 Å². The van der Waals surface area contributed by atoms with Gasteiger partial charge in [0.05, 0.1) is 22.9 Å². The van der Waals surface area contributed by atoms with Crippen LogP contribution in [-0.4, -0.2) is 66.9 Å². The smallest absolute Gasteiger partial charge is 0.147 e. The molecule has 0 unspecified atom stereocenters. The first-order valence-corrected chi connectivity index (χ1v) is 11.1. The minimum Gasteiger partial charge on any atom is -0.386 e. The lowest BCUT2D eigenvalue weighted by molar-refractivity contribution is 0.163. The molecule has 3 N–H and O–H groups in total. The van der Waals surface area contributed by atoms with Crippen LogP contribution in [0.1, 0.15) is 5.56 Å². The summed E-state index contributed by atoms with van der Waals surface area (Å²) in [5.41, 5.74) is 12.8. The zero-order valence-corrected chi connectivity index (χ0v) is 18.3. The number of rotatable bonds is 6. The van der Waals surface area contributed by atoms with Crippen molar-refractivity contribution in [2.75, 3.05) is 44.2 Å². The number of hydrogen-bond donors (Lipinski definition) is 2. The first-order valence-electron chi connectivity index (χ1n) is 11.1. The summed E-state index contributed by atoms with van der Waals surface area (Å²) in [4.78, 5) is 18.6. The molecule has 7 nitrogen and oxygen atoms in total. The van der Waals surface area contributed by atoms with E-state index in [2.05, 4.69) is 68.7 Å². The molecule has 0 bridgehead atoms. The lowest BCUT2D eigenvalue weighted by Gasteiger charge is -2.47. The summed E-state index contributed by atoms with van der Waals surface area (Å²) in [5, 5.41) is 3.33. The molecule has 3 aromatic rings. The Hall–Kier alpha value is -3.29. The maximum Gasteiger partial charge on any atom is 0.147 e. The number of nitrogens with one attached hydrogen (secondary N) is 1. The highest BCUT2D eigenvalue weighted by molar-refractivity contribution is 5.83. The predicted molar refractivity (Wildman–Crippen MR) is 132 cm³/mol. The molecule has 32 heavy (non-hydrogen) atoms. The van der Waals surface area contributed by atoms with Gasteiger partial charge in [-0.05, 0) is 54.6 Å². The van der Waals surface area contributed by atoms with Gasteiger partial charge < -0.3 is 16.0 Å². The maximum atomic E-state index is 5.72. The molecule has 2 saturated heterocycles. The van der Waals surface area contributed by atoms with Crippen LogP contribution in [-0.2, 0) is 6.42 Å². The van der Waals surface area contributed by atoms with Gasteiger partial charge in [0.25, 0.3) is 0 Å². The maximum absolute atomic E-state index is 5.72. The average Bonchev–Trinajstić information content (AvgIpc) is 2.78. The fourth-order valence-electron chi connectivity index (χ4n) is 4.53. The number of fused-ring (bicyclic) bond motifs is 1. The van der Waals surface area contributed by atoms with Crippen molar-refractivity contribution < 1.29 is 0 Å². The average molecular weight is 428 g/mol. The summed E-state index contributed by atoms with van der Waals surface area (Å²) >= 11 is 0. The summed E-state index contributed by atoms with van der Waals surface area (Å²) in [6.07, 6.45) is 2.68. The van der Waals surface area contributed by atoms with Crippen molar-refractivity contribution in [3.63, 3.8) is 0 Å². The highest BCUT2D eigenvalue weighted by atomic mass is 15.4. The molecule has 7 heteroatoms. The van der Waals surface area contributed by atoms with Crippen LogP contribution in [0.5, 0.6) is 0 Å². The Kier molecular flexibility index (Phi) is 5.59. The van der Waals surface area contributed by atoms with E-state index in [0.29, 0.717) is 12.6 Å². The molecule has 0 radical (unpaired) electrons. The summed E-state index contributed by atoms with van der Waals surface area (Å²) in [7, 11) is 0. The van der Waals surface area contributed by atoms with Crippen LogP contribution < -0.4 is 16.0 Å². The second-order valence-electron chi connectivity index (χ2n) is 8.53. The highest BCUT2D eigenvalue weighted by Crippen LogP contribution is 2.30. The quantitative estimate of drug-likeness (QED) is 0.589. The lowest BCUT2D eigenvalue weighted by atomic mass is 10.0. The normalized spacial score (nSPS) is 17.3. The molecular weight excluding hydrogens is 398 g/mol. The second-order valence-corrected chi connectivity index (χ2v) is 8.53. The van der Waals surface area contributed by atoms with Gasteiger partial charge in [-0.2, -0.15) is 0 Å². The van der Waals surface area contributed by atoms with E-state index in [1.807, 2.05) is 12.3 Å². The molecule has 1 aromatic heterocycles. The number of nitrogens with zero attached hydrogens (tertiary/aromatic N) is 5. The van der Waals surface area contributed by atoms with E-state index < -0.39 is 0 Å². The first kappa shape index (κ1) is 20.6. The monoisotopic (exact) mass is 427 g/mol. The fraction of sp³-hybridized carbons (Fsp3) is 0.320. The van der Waals surface area contributed by atoms with Crippen molar-refractivity contribution in [1.82, 2.24) is 20.2 Å². The molecule has 0 atom stereocenters. The van der Waals surface area contributed by atoms with Crippen LogP contribution in [0.25, 0.3) is 22.2 Å². The Labute approximate surface area is 188 Å². The number of nitrogens with two attached hydrogens (primary N) is 1. The zero-order chi connectivity index (χ0) is 22.1. The summed E-state index contributed by atoms with van der Waals surface area (Å²) in [6.45, 7) is 13.3. The van der Waals surface area contributed by atoms with Gasteiger partial charge in [-0.25, -0.2) is 4.98 Å². The molecule has 0 spiro atoms. The molecular formula is C25H29N7. The lowest BCUT2D eigenvalue weighted by Crippen LogP contribution is -2.62. The number of aromatic nitrogens is 2. The number of hydrogen-bond acceptors (Lipinski definition) is 7. The van der Waals surface area contributed by atoms with E-state index in [0.717, 1.165) is 84.1 Å². The molecule has 3 heterocycles. The van der Waals surface area contributed by atoms with Crippen molar-refractivity contribution in [2.24, 2.45) is 10.7 Å². The Bertz CT molecular complexity index is 1170. The van der Waals surface area contributed by atoms with Crippen LogP contribution in [0.15, 0.2) is 59.9 Å². The van der Waals surface area contributed by atoms with Crippen LogP contribution in [0.4, 0.5) is 11.5 Å². The molecule has 2 aliphatic heterocycles. The highest BCUT2D eigenvalue weighted by Gasteiger charge is 2.33. The van der Waals surface area contributed by atoms with Crippen molar-refractivity contribution in [3.05, 3.63) is 60.4 Å². The van der Waals surface area contributed by atoms with Crippen molar-refractivity contribution >= 4 is 29.3 Å². The Morgan fingerprint density at radius 3 is 2.72 bits per heavy atom. The Morgan fingerprint density at radius 1 is 1.12 bits per heavy atom. The van der Waals surface area contributed by atoms with Crippen LogP contribution >= 0.6 is 0 Å². The summed E-state index contributed by atoms with van der Waals surface area (Å²) < 4.78 is 0. The SMILES string of the molecule is C=Nc1cc(-c2ccc3ncc(N4CC(N5CCNC(=C)C5)C4)nc3c2)ccc1CCN. The van der Waals surface area contributed by atoms with Crippen LogP contribution in [0.2, 0.25) is 0 Å². The molecule has 0 saturated carbocycles. The number of anilines is 1. The molecule has 5 rings (SSSR count). The predicted octanol–water partition coefficient (Wildman–Crippen LogP) is 2.74.